The second kappa shape index (κ2) is 13.0. The maximum atomic E-state index is 13.0. The number of benzene rings is 2. The number of aryl methyl sites for hydroxylation is 1. The first-order chi connectivity index (χ1) is 22.8. The van der Waals surface area contributed by atoms with Crippen molar-refractivity contribution in [3.63, 3.8) is 0 Å². The zero-order valence-corrected chi connectivity index (χ0v) is 29.2. The van der Waals surface area contributed by atoms with Gasteiger partial charge in [0.1, 0.15) is 5.75 Å². The number of hydrogen-bond donors (Lipinski definition) is 2. The highest BCUT2D eigenvalue weighted by atomic mass is 32.2. The van der Waals surface area contributed by atoms with E-state index in [0.29, 0.717) is 17.8 Å². The molecule has 7 fully saturated rings. The number of hydrogen-bond acceptors (Lipinski definition) is 8. The van der Waals surface area contributed by atoms with Gasteiger partial charge in [-0.15, -0.1) is 0 Å². The van der Waals surface area contributed by atoms with E-state index in [4.69, 9.17) is 23.8 Å². The van der Waals surface area contributed by atoms with Gasteiger partial charge in [-0.2, -0.15) is 18.2 Å². The van der Waals surface area contributed by atoms with Crippen LogP contribution in [-0.4, -0.2) is 67.1 Å². The summed E-state index contributed by atoms with van der Waals surface area (Å²) in [6, 6.07) is 14.3. The largest absolute Gasteiger partial charge is 0.478 e. The van der Waals surface area contributed by atoms with Crippen LogP contribution in [0.25, 0.3) is 0 Å². The number of nitrogens with one attached hydrogen (secondary N) is 1. The predicted octanol–water partition coefficient (Wildman–Crippen LogP) is 6.00. The highest BCUT2D eigenvalue weighted by molar-refractivity contribution is 7.85. The Morgan fingerprint density at radius 2 is 1.48 bits per heavy atom. The molecule has 2 saturated heterocycles. The number of ether oxygens (including phenoxy) is 2. The molecule has 0 aromatic heterocycles. The number of nitrogens with zero attached hydrogens (tertiary/aromatic N) is 1. The fourth-order valence-electron chi connectivity index (χ4n) is 9.29. The van der Waals surface area contributed by atoms with Crippen LogP contribution in [0, 0.1) is 30.6 Å². The molecule has 9 rings (SSSR count). The van der Waals surface area contributed by atoms with Gasteiger partial charge in [0.15, 0.2) is 5.60 Å². The average molecular weight is 683 g/mol. The molecule has 2 aromatic rings. The SMILES string of the molecule is CC(C)(Oc1ccc(C2CCC3(CC2)OOC2(O3)C3CC4CC(C3)CC2C4)cc1)C(=O)N1CCNCC1.Cc1ccc(S(=O)(=O)O)cc1. The van der Waals surface area contributed by atoms with Crippen LogP contribution >= 0.6 is 0 Å². The summed E-state index contributed by atoms with van der Waals surface area (Å²) in [7, 11) is -4.02. The molecular formula is C37H50N2O8S. The second-order valence-corrected chi connectivity index (χ2v) is 16.9. The molecule has 2 aromatic carbocycles. The lowest BCUT2D eigenvalue weighted by Crippen LogP contribution is -2.59. The molecule has 1 amide bonds. The van der Waals surface area contributed by atoms with Crippen molar-refractivity contribution < 1.29 is 37.0 Å². The third-order valence-electron chi connectivity index (χ3n) is 11.7. The summed E-state index contributed by atoms with van der Waals surface area (Å²) in [6.45, 7) is 8.71. The van der Waals surface area contributed by atoms with E-state index in [1.54, 1.807) is 12.1 Å². The van der Waals surface area contributed by atoms with E-state index in [-0.39, 0.29) is 10.8 Å². The van der Waals surface area contributed by atoms with Crippen molar-refractivity contribution in [1.82, 2.24) is 10.2 Å². The third kappa shape index (κ3) is 6.79. The predicted molar refractivity (Wildman–Crippen MR) is 179 cm³/mol. The standard InChI is InChI=1S/C30H42N2O5.C7H8O3S/c1-28(2,27(33)32-13-11-31-12-14-32)34-26-5-3-22(4-6-26)23-7-9-29(10-8-23)35-30(37-36-29)24-16-20-15-21(18-24)19-25(30)17-20;1-6-2-4-7(5-3-6)11(8,9)10/h3-6,20-21,23-25,31H,7-19H2,1-2H3;2-5H,1H3,(H,8,9,10). The molecule has 262 valence electrons. The van der Waals surface area contributed by atoms with Gasteiger partial charge in [-0.3, -0.25) is 9.35 Å². The molecule has 2 aliphatic heterocycles. The molecule has 11 heteroatoms. The molecule has 10 nitrogen and oxygen atoms in total. The Balaban J connectivity index is 0.000000284. The number of piperazine rings is 1. The number of carbonyl (C=O) groups is 1. The lowest BCUT2D eigenvalue weighted by atomic mass is 9.53. The normalized spacial score (nSPS) is 34.2. The lowest BCUT2D eigenvalue weighted by molar-refractivity contribution is -0.390. The van der Waals surface area contributed by atoms with Gasteiger partial charge in [-0.1, -0.05) is 29.8 Å². The fourth-order valence-corrected chi connectivity index (χ4v) is 9.77. The van der Waals surface area contributed by atoms with Gasteiger partial charge in [-0.25, -0.2) is 0 Å². The molecule has 4 bridgehead atoms. The van der Waals surface area contributed by atoms with Crippen LogP contribution in [0.2, 0.25) is 0 Å². The second-order valence-electron chi connectivity index (χ2n) is 15.5. The van der Waals surface area contributed by atoms with E-state index >= 15 is 0 Å². The van der Waals surface area contributed by atoms with Crippen LogP contribution in [0.1, 0.15) is 88.7 Å². The van der Waals surface area contributed by atoms with Crippen molar-refractivity contribution in [2.75, 3.05) is 26.2 Å². The Bertz CT molecular complexity index is 1530. The summed E-state index contributed by atoms with van der Waals surface area (Å²) in [5, 5.41) is 3.29. The van der Waals surface area contributed by atoms with Crippen molar-refractivity contribution >= 4 is 16.0 Å². The maximum Gasteiger partial charge on any atom is 0.294 e. The summed E-state index contributed by atoms with van der Waals surface area (Å²) in [5.74, 6) is 2.99. The molecule has 7 aliphatic rings. The number of amides is 1. The Hall–Kier alpha value is -2.54. The van der Waals surface area contributed by atoms with Gasteiger partial charge in [0.25, 0.3) is 16.0 Å². The van der Waals surface area contributed by atoms with Gasteiger partial charge < -0.3 is 19.7 Å². The molecule has 2 N–H and O–H groups in total. The van der Waals surface area contributed by atoms with E-state index in [1.165, 1.54) is 49.8 Å². The molecule has 2 spiro atoms. The summed E-state index contributed by atoms with van der Waals surface area (Å²) in [4.78, 5) is 27.1. The zero-order valence-electron chi connectivity index (χ0n) is 28.4. The third-order valence-corrected chi connectivity index (χ3v) is 12.5. The quantitative estimate of drug-likeness (QED) is 0.289. The van der Waals surface area contributed by atoms with E-state index in [2.05, 4.69) is 17.4 Å². The molecule has 48 heavy (non-hydrogen) atoms. The van der Waals surface area contributed by atoms with E-state index in [9.17, 15) is 13.2 Å². The first kappa shape index (κ1) is 33.9. The van der Waals surface area contributed by atoms with Crippen LogP contribution < -0.4 is 10.1 Å². The van der Waals surface area contributed by atoms with E-state index < -0.39 is 27.3 Å². The summed E-state index contributed by atoms with van der Waals surface area (Å²) < 4.78 is 42.6. The molecule has 5 aliphatic carbocycles. The summed E-state index contributed by atoms with van der Waals surface area (Å²) >= 11 is 0. The van der Waals surface area contributed by atoms with Crippen molar-refractivity contribution in [2.24, 2.45) is 23.7 Å². The number of carbonyl (C=O) groups excluding carboxylic acids is 1. The van der Waals surface area contributed by atoms with Gasteiger partial charge in [0.05, 0.1) is 4.90 Å². The minimum Gasteiger partial charge on any atom is -0.478 e. The minimum absolute atomic E-state index is 0.0475. The molecule has 0 radical (unpaired) electrons. The first-order valence-corrected chi connectivity index (χ1v) is 19.2. The highest BCUT2D eigenvalue weighted by Gasteiger charge is 2.66. The lowest BCUT2D eigenvalue weighted by Gasteiger charge is -2.57. The van der Waals surface area contributed by atoms with E-state index in [0.717, 1.165) is 75.0 Å². The van der Waals surface area contributed by atoms with Crippen LogP contribution in [-0.2, 0) is 29.4 Å². The Kier molecular flexibility index (Phi) is 9.17. The Labute approximate surface area is 284 Å². The zero-order chi connectivity index (χ0) is 33.7. The van der Waals surface area contributed by atoms with Gasteiger partial charge in [0.2, 0.25) is 11.6 Å². The molecular weight excluding hydrogens is 632 g/mol. The smallest absolute Gasteiger partial charge is 0.294 e. The maximum absolute atomic E-state index is 13.0. The van der Waals surface area contributed by atoms with Crippen molar-refractivity contribution in [1.29, 1.82) is 0 Å². The Morgan fingerprint density at radius 1 is 0.896 bits per heavy atom. The van der Waals surface area contributed by atoms with Crippen LogP contribution in [0.15, 0.2) is 53.4 Å². The Morgan fingerprint density at radius 3 is 2.04 bits per heavy atom. The van der Waals surface area contributed by atoms with Crippen molar-refractivity contribution in [3.05, 3.63) is 59.7 Å². The van der Waals surface area contributed by atoms with Gasteiger partial charge in [0, 0.05) is 50.9 Å². The van der Waals surface area contributed by atoms with Crippen molar-refractivity contribution in [3.8, 4) is 5.75 Å². The van der Waals surface area contributed by atoms with E-state index in [1.807, 2.05) is 37.8 Å². The highest BCUT2D eigenvalue weighted by Crippen LogP contribution is 2.64. The van der Waals surface area contributed by atoms with Gasteiger partial charge >= 0.3 is 0 Å². The molecule has 2 heterocycles. The minimum atomic E-state index is -4.02. The first-order valence-electron chi connectivity index (χ1n) is 17.7. The monoisotopic (exact) mass is 682 g/mol. The van der Waals surface area contributed by atoms with Crippen LogP contribution in [0.3, 0.4) is 0 Å². The number of rotatable bonds is 5. The molecule has 5 saturated carbocycles. The fraction of sp³-hybridized carbons (Fsp3) is 0.649. The summed E-state index contributed by atoms with van der Waals surface area (Å²) in [5.41, 5.74) is 1.38. The molecule has 0 unspecified atom stereocenters. The topological polar surface area (TPSA) is 124 Å². The molecule has 0 atom stereocenters. The van der Waals surface area contributed by atoms with Gasteiger partial charge in [-0.05, 0) is 113 Å². The average Bonchev–Trinajstić information content (AvgIpc) is 3.43. The van der Waals surface area contributed by atoms with Crippen LogP contribution in [0.5, 0.6) is 5.75 Å². The van der Waals surface area contributed by atoms with Crippen LogP contribution in [0.4, 0.5) is 0 Å². The van der Waals surface area contributed by atoms with Crippen molar-refractivity contribution in [2.45, 2.75) is 107 Å². The summed E-state index contributed by atoms with van der Waals surface area (Å²) in [6.07, 6.45) is 10.2.